The number of halogens is 1. The third-order valence-corrected chi connectivity index (χ3v) is 6.46. The summed E-state index contributed by atoms with van der Waals surface area (Å²) in [6.07, 6.45) is -0.402. The number of aliphatic hydroxyl groups excluding tert-OH is 1. The van der Waals surface area contributed by atoms with Crippen LogP contribution in [0.2, 0.25) is 5.02 Å². The molecule has 7 heteroatoms. The van der Waals surface area contributed by atoms with Crippen LogP contribution >= 0.6 is 11.6 Å². The van der Waals surface area contributed by atoms with Gasteiger partial charge in [-0.15, -0.1) is 0 Å². The van der Waals surface area contributed by atoms with Gasteiger partial charge in [0.05, 0.1) is 22.6 Å². The third kappa shape index (κ3) is 4.52. The highest BCUT2D eigenvalue weighted by molar-refractivity contribution is 6.32. The van der Waals surface area contributed by atoms with Crippen molar-refractivity contribution in [1.29, 1.82) is 0 Å². The molecule has 0 spiro atoms. The molecule has 0 bridgehead atoms. The lowest BCUT2D eigenvalue weighted by Gasteiger charge is -2.19. The second kappa shape index (κ2) is 9.49. The van der Waals surface area contributed by atoms with Gasteiger partial charge in [-0.2, -0.15) is 0 Å². The second-order valence-electron chi connectivity index (χ2n) is 8.71. The first-order valence-corrected chi connectivity index (χ1v) is 11.7. The van der Waals surface area contributed by atoms with Crippen molar-refractivity contribution in [2.75, 3.05) is 18.1 Å². The maximum Gasteiger partial charge on any atom is 0.227 e. The summed E-state index contributed by atoms with van der Waals surface area (Å²) in [4.78, 5) is 19.6. The summed E-state index contributed by atoms with van der Waals surface area (Å²) in [7, 11) is 0. The van der Waals surface area contributed by atoms with Crippen LogP contribution in [0, 0.1) is 6.92 Å². The predicted octanol–water partition coefficient (Wildman–Crippen LogP) is 4.96. The van der Waals surface area contributed by atoms with E-state index in [1.54, 1.807) is 12.1 Å². The van der Waals surface area contributed by atoms with E-state index in [1.165, 1.54) is 0 Å². The number of rotatable bonds is 7. The summed E-state index contributed by atoms with van der Waals surface area (Å²) in [6, 6.07) is 23.0. The number of hydrogen-bond acceptors (Lipinski definition) is 4. The number of aryl methyl sites for hydroxylation is 1. The third-order valence-electron chi connectivity index (χ3n) is 6.15. The SMILES string of the molecule is Cc1cccc(N2CC(c3nc4ccccc4n3CC(O)COc3ccccc3Cl)CC2=O)c1. The number of carbonyl (C=O) groups excluding carboxylic acids is 1. The first-order chi connectivity index (χ1) is 16.5. The zero-order chi connectivity index (χ0) is 23.7. The van der Waals surface area contributed by atoms with Gasteiger partial charge in [0.2, 0.25) is 5.91 Å². The van der Waals surface area contributed by atoms with Crippen LogP contribution in [0.1, 0.15) is 23.7 Å². The zero-order valence-electron chi connectivity index (χ0n) is 18.9. The molecule has 4 aromatic rings. The summed E-state index contributed by atoms with van der Waals surface area (Å²) in [6.45, 7) is 2.97. The van der Waals surface area contributed by atoms with E-state index in [0.29, 0.717) is 30.3 Å². The Hall–Kier alpha value is -3.35. The van der Waals surface area contributed by atoms with Crippen molar-refractivity contribution in [3.8, 4) is 5.75 Å². The molecule has 1 amide bonds. The van der Waals surface area contributed by atoms with Crippen molar-refractivity contribution in [2.45, 2.75) is 31.9 Å². The summed E-state index contributed by atoms with van der Waals surface area (Å²) in [5.41, 5.74) is 3.79. The van der Waals surface area contributed by atoms with Crippen molar-refractivity contribution in [3.63, 3.8) is 0 Å². The number of imidazole rings is 1. The lowest BCUT2D eigenvalue weighted by molar-refractivity contribution is -0.117. The predicted molar refractivity (Wildman–Crippen MR) is 134 cm³/mol. The molecule has 0 aliphatic carbocycles. The number of para-hydroxylation sites is 3. The Morgan fingerprint density at radius 3 is 2.74 bits per heavy atom. The van der Waals surface area contributed by atoms with Gasteiger partial charge in [0.25, 0.3) is 0 Å². The molecule has 174 valence electrons. The van der Waals surface area contributed by atoms with E-state index in [1.807, 2.05) is 77.1 Å². The van der Waals surface area contributed by atoms with Gasteiger partial charge in [-0.05, 0) is 48.9 Å². The lowest BCUT2D eigenvalue weighted by atomic mass is 10.1. The highest BCUT2D eigenvalue weighted by Crippen LogP contribution is 2.33. The van der Waals surface area contributed by atoms with Crippen LogP contribution in [0.15, 0.2) is 72.8 Å². The van der Waals surface area contributed by atoms with Gasteiger partial charge in [0, 0.05) is 24.6 Å². The molecule has 0 saturated carbocycles. The topological polar surface area (TPSA) is 67.6 Å². The van der Waals surface area contributed by atoms with Gasteiger partial charge in [-0.1, -0.05) is 48.0 Å². The standard InChI is InChI=1S/C27H26ClN3O3/c1-18-7-6-8-20(13-18)30-15-19(14-26(30)33)27-29-23-10-3-4-11-24(23)31(27)16-21(32)17-34-25-12-5-2-9-22(25)28/h2-13,19,21,32H,14-17H2,1H3. The molecule has 1 aromatic heterocycles. The molecule has 1 aliphatic rings. The smallest absolute Gasteiger partial charge is 0.227 e. The fourth-order valence-corrected chi connectivity index (χ4v) is 4.73. The van der Waals surface area contributed by atoms with Gasteiger partial charge in [0.15, 0.2) is 0 Å². The maximum absolute atomic E-state index is 12.9. The van der Waals surface area contributed by atoms with Crippen LogP contribution in [0.25, 0.3) is 11.0 Å². The number of nitrogens with zero attached hydrogens (tertiary/aromatic N) is 3. The van der Waals surface area contributed by atoms with Crippen LogP contribution in [-0.4, -0.2) is 39.8 Å². The number of amides is 1. The number of carbonyl (C=O) groups is 1. The molecule has 2 atom stereocenters. The van der Waals surface area contributed by atoms with Crippen molar-refractivity contribution in [3.05, 3.63) is 89.2 Å². The molecule has 6 nitrogen and oxygen atoms in total. The average molecular weight is 476 g/mol. The fourth-order valence-electron chi connectivity index (χ4n) is 4.53. The van der Waals surface area contributed by atoms with E-state index in [2.05, 4.69) is 0 Å². The molecule has 1 saturated heterocycles. The maximum atomic E-state index is 12.9. The number of aromatic nitrogens is 2. The minimum absolute atomic E-state index is 0.0721. The number of hydrogen-bond donors (Lipinski definition) is 1. The summed E-state index contributed by atoms with van der Waals surface area (Å²) in [5.74, 6) is 1.35. The largest absolute Gasteiger partial charge is 0.489 e. The molecular weight excluding hydrogens is 450 g/mol. The monoisotopic (exact) mass is 475 g/mol. The van der Waals surface area contributed by atoms with E-state index in [-0.39, 0.29) is 18.4 Å². The van der Waals surface area contributed by atoms with E-state index < -0.39 is 6.10 Å². The number of fused-ring (bicyclic) bond motifs is 1. The van der Waals surface area contributed by atoms with E-state index in [4.69, 9.17) is 21.3 Å². The van der Waals surface area contributed by atoms with Gasteiger partial charge < -0.3 is 19.3 Å². The van der Waals surface area contributed by atoms with Crippen molar-refractivity contribution < 1.29 is 14.6 Å². The second-order valence-corrected chi connectivity index (χ2v) is 9.12. The average Bonchev–Trinajstić information content (AvgIpc) is 3.39. The number of aliphatic hydroxyl groups is 1. The van der Waals surface area contributed by atoms with Crippen LogP contribution in [-0.2, 0) is 11.3 Å². The first kappa shape index (κ1) is 22.4. The first-order valence-electron chi connectivity index (χ1n) is 11.4. The van der Waals surface area contributed by atoms with Crippen LogP contribution in [0.4, 0.5) is 5.69 Å². The van der Waals surface area contributed by atoms with Gasteiger partial charge in [-0.3, -0.25) is 4.79 Å². The molecule has 1 fully saturated rings. The fraction of sp³-hybridized carbons (Fsp3) is 0.259. The van der Waals surface area contributed by atoms with Crippen LogP contribution in [0.5, 0.6) is 5.75 Å². The molecule has 1 N–H and O–H groups in total. The number of anilines is 1. The quantitative estimate of drug-likeness (QED) is 0.410. The van der Waals surface area contributed by atoms with E-state index in [0.717, 1.165) is 28.1 Å². The van der Waals surface area contributed by atoms with Crippen molar-refractivity contribution in [1.82, 2.24) is 9.55 Å². The molecule has 1 aliphatic heterocycles. The summed E-state index contributed by atoms with van der Waals surface area (Å²) < 4.78 is 7.77. The minimum atomic E-state index is -0.780. The molecule has 2 unspecified atom stereocenters. The van der Waals surface area contributed by atoms with E-state index in [9.17, 15) is 9.90 Å². The van der Waals surface area contributed by atoms with Crippen molar-refractivity contribution in [2.24, 2.45) is 0 Å². The summed E-state index contributed by atoms with van der Waals surface area (Å²) >= 11 is 6.17. The Morgan fingerprint density at radius 1 is 1.12 bits per heavy atom. The Kier molecular flexibility index (Phi) is 6.26. The Balaban J connectivity index is 1.39. The molecule has 0 radical (unpaired) electrons. The molecule has 34 heavy (non-hydrogen) atoms. The highest BCUT2D eigenvalue weighted by Gasteiger charge is 2.35. The van der Waals surface area contributed by atoms with Crippen LogP contribution in [0.3, 0.4) is 0 Å². The minimum Gasteiger partial charge on any atom is -0.489 e. The Bertz CT molecular complexity index is 1340. The number of benzene rings is 3. The molecule has 5 rings (SSSR count). The molecule has 2 heterocycles. The lowest BCUT2D eigenvalue weighted by Crippen LogP contribution is -2.26. The van der Waals surface area contributed by atoms with E-state index >= 15 is 0 Å². The van der Waals surface area contributed by atoms with Gasteiger partial charge in [0.1, 0.15) is 24.3 Å². The Labute approximate surface area is 203 Å². The highest BCUT2D eigenvalue weighted by atomic mass is 35.5. The van der Waals surface area contributed by atoms with Gasteiger partial charge >= 0.3 is 0 Å². The summed E-state index contributed by atoms with van der Waals surface area (Å²) in [5, 5.41) is 11.3. The number of ether oxygens (including phenoxy) is 1. The molecular formula is C27H26ClN3O3. The normalized spacial score (nSPS) is 16.9. The zero-order valence-corrected chi connectivity index (χ0v) is 19.7. The van der Waals surface area contributed by atoms with Crippen LogP contribution < -0.4 is 9.64 Å². The Morgan fingerprint density at radius 2 is 1.91 bits per heavy atom. The van der Waals surface area contributed by atoms with Gasteiger partial charge in [-0.25, -0.2) is 4.98 Å². The van der Waals surface area contributed by atoms with Crippen molar-refractivity contribution >= 4 is 34.2 Å². The molecule has 3 aromatic carbocycles.